The van der Waals surface area contributed by atoms with E-state index in [1.54, 1.807) is 0 Å². The first-order valence-electron chi connectivity index (χ1n) is 10.6. The molecule has 0 unspecified atom stereocenters. The summed E-state index contributed by atoms with van der Waals surface area (Å²) < 4.78 is 12.3. The Morgan fingerprint density at radius 1 is 1.16 bits per heavy atom. The van der Waals surface area contributed by atoms with Crippen molar-refractivity contribution in [2.75, 3.05) is 6.61 Å². The van der Waals surface area contributed by atoms with E-state index in [9.17, 15) is 4.79 Å². The average molecular weight is 369 g/mol. The molecule has 2 rings (SSSR count). The molecule has 146 valence electrons. The predicted octanol–water partition coefficient (Wildman–Crippen LogP) is 5.79. The number of carbonyl (C=O) groups is 1. The van der Waals surface area contributed by atoms with Crippen molar-refractivity contribution in [1.82, 2.24) is 0 Å². The lowest BCUT2D eigenvalue weighted by molar-refractivity contribution is -0.143. The molecule has 4 heteroatoms. The lowest BCUT2D eigenvalue weighted by Crippen LogP contribution is -2.48. The van der Waals surface area contributed by atoms with Crippen LogP contribution in [0.15, 0.2) is 0 Å². The molecule has 0 radical (unpaired) electrons. The third kappa shape index (κ3) is 4.32. The van der Waals surface area contributed by atoms with Crippen LogP contribution in [0.25, 0.3) is 0 Å². The quantitative estimate of drug-likeness (QED) is 0.401. The molecule has 3 nitrogen and oxygen atoms in total. The maximum Gasteiger partial charge on any atom is 0.302 e. The summed E-state index contributed by atoms with van der Waals surface area (Å²) in [5, 5.41) is 0. The first-order chi connectivity index (χ1) is 11.8. The van der Waals surface area contributed by atoms with Gasteiger partial charge in [0.05, 0.1) is 6.61 Å². The van der Waals surface area contributed by atoms with Gasteiger partial charge in [-0.1, -0.05) is 41.0 Å². The standard InChI is InChI=1S/C21H40O3Si/c1-7-25(8-2,9-3)24-20-11-10-14-21(6)18(12-13-19(20)21)16(4)15-23-17(5)22/h16,18-20H,7-15H2,1-6H3/t16-,18-,19+,20+,21-/m1/s1. The van der Waals surface area contributed by atoms with Gasteiger partial charge in [0, 0.05) is 13.0 Å². The molecule has 0 bridgehead atoms. The Morgan fingerprint density at radius 2 is 1.80 bits per heavy atom. The zero-order chi connectivity index (χ0) is 18.7. The zero-order valence-electron chi connectivity index (χ0n) is 17.4. The Morgan fingerprint density at radius 3 is 2.36 bits per heavy atom. The Labute approximate surface area is 156 Å². The molecule has 0 aromatic carbocycles. The SMILES string of the molecule is CC[Si](CC)(CC)O[C@H]1CCC[C@]2(C)[C@@H]([C@H](C)COC(C)=O)CC[C@@H]12. The van der Waals surface area contributed by atoms with Crippen molar-refractivity contribution < 1.29 is 14.0 Å². The Hall–Kier alpha value is -0.353. The van der Waals surface area contributed by atoms with Crippen LogP contribution in [0, 0.1) is 23.2 Å². The smallest absolute Gasteiger partial charge is 0.302 e. The van der Waals surface area contributed by atoms with E-state index < -0.39 is 8.32 Å². The van der Waals surface area contributed by atoms with Crippen LogP contribution in [0.3, 0.4) is 0 Å². The minimum atomic E-state index is -1.55. The molecule has 0 amide bonds. The van der Waals surface area contributed by atoms with Crippen molar-refractivity contribution in [3.63, 3.8) is 0 Å². The molecule has 0 aromatic rings. The minimum absolute atomic E-state index is 0.152. The van der Waals surface area contributed by atoms with Gasteiger partial charge in [0.2, 0.25) is 0 Å². The highest BCUT2D eigenvalue weighted by Crippen LogP contribution is 2.58. The van der Waals surface area contributed by atoms with Crippen LogP contribution in [0.5, 0.6) is 0 Å². The van der Waals surface area contributed by atoms with E-state index in [1.807, 2.05) is 0 Å². The topological polar surface area (TPSA) is 35.5 Å². The van der Waals surface area contributed by atoms with Crippen LogP contribution in [0.1, 0.15) is 73.6 Å². The molecular formula is C21H40O3Si. The van der Waals surface area contributed by atoms with Crippen molar-refractivity contribution >= 4 is 14.3 Å². The van der Waals surface area contributed by atoms with Crippen molar-refractivity contribution in [2.24, 2.45) is 23.2 Å². The Kier molecular flexibility index (Phi) is 7.17. The maximum absolute atomic E-state index is 11.2. The number of rotatable bonds is 8. The summed E-state index contributed by atoms with van der Waals surface area (Å²) >= 11 is 0. The lowest BCUT2D eigenvalue weighted by atomic mass is 9.62. The van der Waals surface area contributed by atoms with Gasteiger partial charge in [-0.2, -0.15) is 0 Å². The number of carbonyl (C=O) groups excluding carboxylic acids is 1. The van der Waals surface area contributed by atoms with Crippen LogP contribution in [-0.4, -0.2) is 27.0 Å². The Bertz CT molecular complexity index is 440. The summed E-state index contributed by atoms with van der Waals surface area (Å²) in [4.78, 5) is 11.2. The van der Waals surface area contributed by atoms with Gasteiger partial charge in [-0.25, -0.2) is 0 Å². The summed E-state index contributed by atoms with van der Waals surface area (Å²) in [6.45, 7) is 13.9. The second kappa shape index (κ2) is 8.56. The van der Waals surface area contributed by atoms with Gasteiger partial charge in [0.25, 0.3) is 0 Å². The molecule has 0 aliphatic heterocycles. The molecule has 0 N–H and O–H groups in total. The third-order valence-electron chi connectivity index (χ3n) is 7.71. The first-order valence-corrected chi connectivity index (χ1v) is 13.2. The van der Waals surface area contributed by atoms with Crippen LogP contribution < -0.4 is 0 Å². The van der Waals surface area contributed by atoms with Gasteiger partial charge in [-0.05, 0) is 67.0 Å². The van der Waals surface area contributed by atoms with E-state index in [0.717, 1.165) is 0 Å². The molecule has 0 heterocycles. The fourth-order valence-corrected chi connectivity index (χ4v) is 8.85. The summed E-state index contributed by atoms with van der Waals surface area (Å²) in [7, 11) is -1.55. The summed E-state index contributed by atoms with van der Waals surface area (Å²) in [6.07, 6.45) is 6.87. The van der Waals surface area contributed by atoms with Gasteiger partial charge in [-0.15, -0.1) is 0 Å². The van der Waals surface area contributed by atoms with Crippen LogP contribution in [-0.2, 0) is 14.0 Å². The molecule has 2 fully saturated rings. The van der Waals surface area contributed by atoms with Crippen LogP contribution in [0.4, 0.5) is 0 Å². The molecule has 0 saturated heterocycles. The lowest BCUT2D eigenvalue weighted by Gasteiger charge is -2.48. The van der Waals surface area contributed by atoms with Gasteiger partial charge in [0.15, 0.2) is 8.32 Å². The minimum Gasteiger partial charge on any atom is -0.466 e. The second-order valence-corrected chi connectivity index (χ2v) is 13.6. The second-order valence-electron chi connectivity index (χ2n) is 8.87. The highest BCUT2D eigenvalue weighted by Gasteiger charge is 2.54. The maximum atomic E-state index is 11.2. The van der Waals surface area contributed by atoms with E-state index in [-0.39, 0.29) is 5.97 Å². The van der Waals surface area contributed by atoms with E-state index >= 15 is 0 Å². The summed E-state index contributed by atoms with van der Waals surface area (Å²) in [5.74, 6) is 1.65. The van der Waals surface area contributed by atoms with Crippen molar-refractivity contribution in [2.45, 2.75) is 97.9 Å². The number of hydrogen-bond acceptors (Lipinski definition) is 3. The van der Waals surface area contributed by atoms with E-state index in [2.05, 4.69) is 34.6 Å². The molecule has 2 aliphatic rings. The molecular weight excluding hydrogens is 328 g/mol. The molecule has 5 atom stereocenters. The van der Waals surface area contributed by atoms with Crippen molar-refractivity contribution in [1.29, 1.82) is 0 Å². The fraction of sp³-hybridized carbons (Fsp3) is 0.952. The summed E-state index contributed by atoms with van der Waals surface area (Å²) in [6, 6.07) is 3.73. The van der Waals surface area contributed by atoms with E-state index in [4.69, 9.17) is 9.16 Å². The van der Waals surface area contributed by atoms with Crippen molar-refractivity contribution in [3.8, 4) is 0 Å². The van der Waals surface area contributed by atoms with Gasteiger partial charge in [-0.3, -0.25) is 4.79 Å². The number of fused-ring (bicyclic) bond motifs is 1. The highest BCUT2D eigenvalue weighted by molar-refractivity contribution is 6.73. The Balaban J connectivity index is 2.11. The average Bonchev–Trinajstić information content (AvgIpc) is 2.95. The monoisotopic (exact) mass is 368 g/mol. The van der Waals surface area contributed by atoms with Gasteiger partial charge in [0.1, 0.15) is 0 Å². The number of ether oxygens (including phenoxy) is 1. The molecule has 0 aromatic heterocycles. The molecule has 2 saturated carbocycles. The van der Waals surface area contributed by atoms with E-state index in [1.165, 1.54) is 57.2 Å². The predicted molar refractivity (Wildman–Crippen MR) is 106 cm³/mol. The number of esters is 1. The molecule has 2 aliphatic carbocycles. The third-order valence-corrected chi connectivity index (χ3v) is 12.4. The molecule has 25 heavy (non-hydrogen) atoms. The molecule has 0 spiro atoms. The normalized spacial score (nSPS) is 33.8. The highest BCUT2D eigenvalue weighted by atomic mass is 28.4. The van der Waals surface area contributed by atoms with Gasteiger partial charge >= 0.3 is 5.97 Å². The van der Waals surface area contributed by atoms with Crippen molar-refractivity contribution in [3.05, 3.63) is 0 Å². The zero-order valence-corrected chi connectivity index (χ0v) is 18.4. The van der Waals surface area contributed by atoms with E-state index in [0.29, 0.717) is 35.9 Å². The number of hydrogen-bond donors (Lipinski definition) is 0. The summed E-state index contributed by atoms with van der Waals surface area (Å²) in [5.41, 5.74) is 0.359. The fourth-order valence-electron chi connectivity index (χ4n) is 5.92. The largest absolute Gasteiger partial charge is 0.466 e. The first kappa shape index (κ1) is 21.0. The van der Waals surface area contributed by atoms with Gasteiger partial charge < -0.3 is 9.16 Å². The van der Waals surface area contributed by atoms with Crippen LogP contribution >= 0.6 is 0 Å². The van der Waals surface area contributed by atoms with Crippen LogP contribution in [0.2, 0.25) is 18.1 Å².